The minimum atomic E-state index is 0.0224. The minimum absolute atomic E-state index is 0.0224. The largest absolute Gasteiger partial charge is 0.340 e. The summed E-state index contributed by atoms with van der Waals surface area (Å²) < 4.78 is 0. The molecule has 26 heavy (non-hydrogen) atoms. The number of imidazole rings is 1. The van der Waals surface area contributed by atoms with Gasteiger partial charge in [0.1, 0.15) is 0 Å². The van der Waals surface area contributed by atoms with E-state index < -0.39 is 0 Å². The van der Waals surface area contributed by atoms with Crippen LogP contribution in [0.15, 0.2) is 90.5 Å². The van der Waals surface area contributed by atoms with Crippen molar-refractivity contribution in [1.29, 1.82) is 0 Å². The molecule has 0 aliphatic heterocycles. The molecule has 128 valence electrons. The highest BCUT2D eigenvalue weighted by Crippen LogP contribution is 2.42. The number of H-pyrrole nitrogens is 1. The quantitative estimate of drug-likeness (QED) is 0.433. The number of aromatic amines is 1. The lowest BCUT2D eigenvalue weighted by molar-refractivity contribution is 1.01. The van der Waals surface area contributed by atoms with Crippen LogP contribution in [0.1, 0.15) is 16.5 Å². The number of thioether (sulfide) groups is 1. The Kier molecular flexibility index (Phi) is 5.04. The SMILES string of the molecule is Clc1ccc(-c2ccccc2C(Sc2ncc[nH]2)c2ccccn2)cc1. The zero-order chi connectivity index (χ0) is 17.8. The van der Waals surface area contributed by atoms with Crippen molar-refractivity contribution in [2.24, 2.45) is 0 Å². The Morgan fingerprint density at radius 2 is 1.65 bits per heavy atom. The van der Waals surface area contributed by atoms with E-state index in [4.69, 9.17) is 11.6 Å². The molecule has 4 rings (SSSR count). The first-order valence-electron chi connectivity index (χ1n) is 8.23. The molecule has 0 bridgehead atoms. The molecule has 0 aliphatic carbocycles. The van der Waals surface area contributed by atoms with E-state index in [0.717, 1.165) is 21.4 Å². The van der Waals surface area contributed by atoms with Gasteiger partial charge in [-0.2, -0.15) is 0 Å². The lowest BCUT2D eigenvalue weighted by Crippen LogP contribution is -2.02. The molecule has 5 heteroatoms. The number of nitrogens with one attached hydrogen (secondary N) is 1. The predicted octanol–water partition coefficient (Wildman–Crippen LogP) is 6.01. The number of benzene rings is 2. The molecular weight excluding hydrogens is 362 g/mol. The molecule has 0 spiro atoms. The smallest absolute Gasteiger partial charge is 0.166 e. The zero-order valence-corrected chi connectivity index (χ0v) is 15.4. The highest BCUT2D eigenvalue weighted by atomic mass is 35.5. The second-order valence-corrected chi connectivity index (χ2v) is 7.27. The third kappa shape index (κ3) is 3.66. The van der Waals surface area contributed by atoms with Crippen LogP contribution in [0.3, 0.4) is 0 Å². The van der Waals surface area contributed by atoms with Gasteiger partial charge in [-0.05, 0) is 41.0 Å². The molecule has 2 heterocycles. The van der Waals surface area contributed by atoms with Gasteiger partial charge < -0.3 is 4.98 Å². The zero-order valence-electron chi connectivity index (χ0n) is 13.8. The molecular formula is C21H16ClN3S. The number of halogens is 1. The highest BCUT2D eigenvalue weighted by molar-refractivity contribution is 7.99. The van der Waals surface area contributed by atoms with Gasteiger partial charge in [-0.3, -0.25) is 4.98 Å². The lowest BCUT2D eigenvalue weighted by atomic mass is 9.96. The van der Waals surface area contributed by atoms with Gasteiger partial charge in [-0.15, -0.1) is 0 Å². The van der Waals surface area contributed by atoms with Crippen LogP contribution in [-0.4, -0.2) is 15.0 Å². The monoisotopic (exact) mass is 377 g/mol. The number of nitrogens with zero attached hydrogens (tertiary/aromatic N) is 2. The first-order chi connectivity index (χ1) is 12.8. The summed E-state index contributed by atoms with van der Waals surface area (Å²) >= 11 is 7.72. The van der Waals surface area contributed by atoms with E-state index in [1.54, 1.807) is 18.0 Å². The minimum Gasteiger partial charge on any atom is -0.340 e. The molecule has 0 amide bonds. The van der Waals surface area contributed by atoms with Crippen LogP contribution in [0.4, 0.5) is 0 Å². The van der Waals surface area contributed by atoms with E-state index in [-0.39, 0.29) is 5.25 Å². The van der Waals surface area contributed by atoms with Gasteiger partial charge in [0, 0.05) is 23.6 Å². The highest BCUT2D eigenvalue weighted by Gasteiger charge is 2.21. The van der Waals surface area contributed by atoms with Gasteiger partial charge in [0.05, 0.1) is 10.9 Å². The fourth-order valence-electron chi connectivity index (χ4n) is 2.86. The molecule has 2 aromatic carbocycles. The van der Waals surface area contributed by atoms with Crippen LogP contribution >= 0.6 is 23.4 Å². The van der Waals surface area contributed by atoms with Crippen molar-refractivity contribution >= 4 is 23.4 Å². The number of rotatable bonds is 5. The van der Waals surface area contributed by atoms with E-state index in [1.807, 2.05) is 48.8 Å². The number of aromatic nitrogens is 3. The van der Waals surface area contributed by atoms with Crippen LogP contribution < -0.4 is 0 Å². The van der Waals surface area contributed by atoms with Gasteiger partial charge in [0.15, 0.2) is 5.16 Å². The van der Waals surface area contributed by atoms with Crippen molar-refractivity contribution in [1.82, 2.24) is 15.0 Å². The summed E-state index contributed by atoms with van der Waals surface area (Å²) in [4.78, 5) is 12.2. The summed E-state index contributed by atoms with van der Waals surface area (Å²) in [5, 5.41) is 1.62. The van der Waals surface area contributed by atoms with Crippen molar-refractivity contribution in [3.63, 3.8) is 0 Å². The van der Waals surface area contributed by atoms with Crippen molar-refractivity contribution in [3.05, 3.63) is 102 Å². The van der Waals surface area contributed by atoms with E-state index in [0.29, 0.717) is 0 Å². The third-order valence-electron chi connectivity index (χ3n) is 4.06. The van der Waals surface area contributed by atoms with Crippen molar-refractivity contribution < 1.29 is 0 Å². The van der Waals surface area contributed by atoms with Crippen LogP contribution in [0.25, 0.3) is 11.1 Å². The third-order valence-corrected chi connectivity index (χ3v) is 5.49. The van der Waals surface area contributed by atoms with Crippen LogP contribution in [0.5, 0.6) is 0 Å². The van der Waals surface area contributed by atoms with Gasteiger partial charge in [0.25, 0.3) is 0 Å². The Hall–Kier alpha value is -2.56. The van der Waals surface area contributed by atoms with Gasteiger partial charge in [-0.1, -0.05) is 65.8 Å². The maximum absolute atomic E-state index is 6.07. The lowest BCUT2D eigenvalue weighted by Gasteiger charge is -2.19. The molecule has 0 saturated heterocycles. The number of hydrogen-bond acceptors (Lipinski definition) is 3. The summed E-state index contributed by atoms with van der Waals surface area (Å²) in [6.07, 6.45) is 5.43. The molecule has 1 N–H and O–H groups in total. The normalized spacial score (nSPS) is 12.0. The van der Waals surface area contributed by atoms with Gasteiger partial charge in [0.2, 0.25) is 0 Å². The Bertz CT molecular complexity index is 970. The predicted molar refractivity (Wildman–Crippen MR) is 107 cm³/mol. The molecule has 0 aliphatic rings. The van der Waals surface area contributed by atoms with Crippen molar-refractivity contribution in [3.8, 4) is 11.1 Å². The molecule has 0 saturated carbocycles. The van der Waals surface area contributed by atoms with Gasteiger partial charge >= 0.3 is 0 Å². The number of hydrogen-bond donors (Lipinski definition) is 1. The second-order valence-electron chi connectivity index (χ2n) is 5.74. The summed E-state index contributed by atoms with van der Waals surface area (Å²) in [5.74, 6) is 0. The van der Waals surface area contributed by atoms with Crippen LogP contribution in [-0.2, 0) is 0 Å². The Balaban J connectivity index is 1.82. The van der Waals surface area contributed by atoms with E-state index >= 15 is 0 Å². The summed E-state index contributed by atoms with van der Waals surface area (Å²) in [5.41, 5.74) is 4.48. The molecule has 1 unspecified atom stereocenters. The first kappa shape index (κ1) is 16.9. The van der Waals surface area contributed by atoms with E-state index in [9.17, 15) is 0 Å². The molecule has 0 fully saturated rings. The summed E-state index contributed by atoms with van der Waals surface area (Å²) in [7, 11) is 0. The fourth-order valence-corrected chi connectivity index (χ4v) is 4.06. The first-order valence-corrected chi connectivity index (χ1v) is 9.49. The summed E-state index contributed by atoms with van der Waals surface area (Å²) in [6, 6.07) is 22.4. The van der Waals surface area contributed by atoms with Gasteiger partial charge in [-0.25, -0.2) is 4.98 Å². The average Bonchev–Trinajstić information content (AvgIpc) is 3.21. The van der Waals surface area contributed by atoms with E-state index in [2.05, 4.69) is 45.3 Å². The molecule has 4 aromatic rings. The Morgan fingerprint density at radius 1 is 0.846 bits per heavy atom. The van der Waals surface area contributed by atoms with Crippen molar-refractivity contribution in [2.45, 2.75) is 10.4 Å². The molecule has 0 radical (unpaired) electrons. The standard InChI is InChI=1S/C21H16ClN3S/c22-16-10-8-15(9-11-16)17-5-1-2-6-18(17)20(19-7-3-4-12-23-19)26-21-24-13-14-25-21/h1-14,20H,(H,24,25). The molecule has 1 atom stereocenters. The van der Waals surface area contributed by atoms with Crippen LogP contribution in [0.2, 0.25) is 5.02 Å². The second kappa shape index (κ2) is 7.77. The average molecular weight is 378 g/mol. The van der Waals surface area contributed by atoms with Crippen molar-refractivity contribution in [2.75, 3.05) is 0 Å². The Labute approximate surface area is 161 Å². The van der Waals surface area contributed by atoms with Crippen LogP contribution in [0, 0.1) is 0 Å². The maximum atomic E-state index is 6.07. The Morgan fingerprint density at radius 3 is 2.38 bits per heavy atom. The topological polar surface area (TPSA) is 41.6 Å². The molecule has 3 nitrogen and oxygen atoms in total. The molecule has 2 aromatic heterocycles. The number of pyridine rings is 1. The summed E-state index contributed by atoms with van der Waals surface area (Å²) in [6.45, 7) is 0. The maximum Gasteiger partial charge on any atom is 0.166 e. The fraction of sp³-hybridized carbons (Fsp3) is 0.0476. The van der Waals surface area contributed by atoms with E-state index in [1.165, 1.54) is 11.1 Å².